The zero-order valence-corrected chi connectivity index (χ0v) is 16.7. The van der Waals surface area contributed by atoms with Gasteiger partial charge in [-0.1, -0.05) is 49.6 Å². The van der Waals surface area contributed by atoms with Crippen LogP contribution in [0.15, 0.2) is 40.1 Å². The number of hydrogen-bond donors (Lipinski definition) is 1. The van der Waals surface area contributed by atoms with Crippen molar-refractivity contribution in [2.75, 3.05) is 11.9 Å². The molecule has 0 fully saturated rings. The molecule has 0 saturated carbocycles. The van der Waals surface area contributed by atoms with Crippen molar-refractivity contribution in [2.45, 2.75) is 46.1 Å². The molecule has 0 aliphatic carbocycles. The number of carbonyl (C=O) groups is 1. The summed E-state index contributed by atoms with van der Waals surface area (Å²) in [4.78, 5) is 30.6. The molecule has 0 unspecified atom stereocenters. The molecule has 5 nitrogen and oxygen atoms in total. The summed E-state index contributed by atoms with van der Waals surface area (Å²) in [5.74, 6) is -0.316. The zero-order valence-electron chi connectivity index (χ0n) is 15.1. The number of benzene rings is 1. The van der Waals surface area contributed by atoms with E-state index in [0.717, 1.165) is 25.7 Å². The number of halogens is 1. The first-order valence-electron chi connectivity index (χ1n) is 8.87. The average molecular weight is 394 g/mol. The van der Waals surface area contributed by atoms with Crippen LogP contribution >= 0.6 is 22.9 Å². The number of unbranched alkanes of at least 4 members (excludes halogenated alkanes) is 2. The highest BCUT2D eigenvalue weighted by Crippen LogP contribution is 2.14. The van der Waals surface area contributed by atoms with Gasteiger partial charge in [0, 0.05) is 29.9 Å². The van der Waals surface area contributed by atoms with Crippen LogP contribution in [0, 0.1) is 0 Å². The van der Waals surface area contributed by atoms with Gasteiger partial charge in [0.05, 0.1) is 0 Å². The van der Waals surface area contributed by atoms with Crippen LogP contribution in [0.3, 0.4) is 0 Å². The monoisotopic (exact) mass is 393 g/mol. The summed E-state index contributed by atoms with van der Waals surface area (Å²) < 4.78 is 1.67. The molecule has 0 saturated heterocycles. The van der Waals surface area contributed by atoms with Crippen LogP contribution in [0.2, 0.25) is 5.02 Å². The predicted molar refractivity (Wildman–Crippen MR) is 108 cm³/mol. The highest BCUT2D eigenvalue weighted by atomic mass is 35.5. The standard InChI is InChI=1S/C19H24ClN3O2S/c1-3-5-11-21-19-23(12-6-4-2)17(24)13-16(26-19)18(25)22-15-9-7-14(20)8-10-15/h7-10,13H,3-6,11-12H2,1-2H3,(H,22,25). The molecule has 140 valence electrons. The number of amides is 1. The summed E-state index contributed by atoms with van der Waals surface area (Å²) >= 11 is 7.11. The summed E-state index contributed by atoms with van der Waals surface area (Å²) in [5, 5.41) is 3.39. The third-order valence-corrected chi connectivity index (χ3v) is 5.08. The fraction of sp³-hybridized carbons (Fsp3) is 0.421. The second-order valence-corrected chi connectivity index (χ2v) is 7.38. The van der Waals surface area contributed by atoms with Crippen molar-refractivity contribution in [3.8, 4) is 0 Å². The van der Waals surface area contributed by atoms with E-state index in [-0.39, 0.29) is 11.5 Å². The highest BCUT2D eigenvalue weighted by Gasteiger charge is 2.11. The van der Waals surface area contributed by atoms with E-state index in [9.17, 15) is 9.59 Å². The van der Waals surface area contributed by atoms with Gasteiger partial charge in [0.15, 0.2) is 4.80 Å². The second-order valence-electron chi connectivity index (χ2n) is 5.93. The molecule has 0 bridgehead atoms. The Bertz CT molecular complexity index is 856. The summed E-state index contributed by atoms with van der Waals surface area (Å²) in [5.41, 5.74) is 0.444. The minimum Gasteiger partial charge on any atom is -0.321 e. The van der Waals surface area contributed by atoms with Crippen molar-refractivity contribution in [2.24, 2.45) is 4.99 Å². The second kappa shape index (κ2) is 10.3. The van der Waals surface area contributed by atoms with Crippen molar-refractivity contribution < 1.29 is 4.79 Å². The quantitative estimate of drug-likeness (QED) is 0.679. The maximum absolute atomic E-state index is 12.5. The van der Waals surface area contributed by atoms with Crippen molar-refractivity contribution in [1.82, 2.24) is 4.57 Å². The number of carbonyl (C=O) groups excluding carboxylic acids is 1. The molecule has 0 atom stereocenters. The van der Waals surface area contributed by atoms with Gasteiger partial charge in [-0.3, -0.25) is 19.1 Å². The lowest BCUT2D eigenvalue weighted by molar-refractivity contribution is 0.103. The van der Waals surface area contributed by atoms with Gasteiger partial charge >= 0.3 is 0 Å². The molecule has 1 N–H and O–H groups in total. The molecule has 2 rings (SSSR count). The highest BCUT2D eigenvalue weighted by molar-refractivity contribution is 7.11. The molecule has 0 aliphatic heterocycles. The normalized spacial score (nSPS) is 11.6. The molecule has 0 spiro atoms. The fourth-order valence-corrected chi connectivity index (χ4v) is 3.35. The Balaban J connectivity index is 2.33. The summed E-state index contributed by atoms with van der Waals surface area (Å²) in [7, 11) is 0. The van der Waals surface area contributed by atoms with E-state index in [0.29, 0.717) is 33.5 Å². The largest absolute Gasteiger partial charge is 0.321 e. The minimum absolute atomic E-state index is 0.186. The van der Waals surface area contributed by atoms with E-state index in [2.05, 4.69) is 24.2 Å². The average Bonchev–Trinajstić information content (AvgIpc) is 2.63. The molecule has 2 aromatic rings. The molecule has 26 heavy (non-hydrogen) atoms. The van der Waals surface area contributed by atoms with Gasteiger partial charge in [-0.05, 0) is 37.1 Å². The summed E-state index contributed by atoms with van der Waals surface area (Å²) in [6, 6.07) is 8.24. The van der Waals surface area contributed by atoms with E-state index in [1.54, 1.807) is 28.8 Å². The molecular formula is C19H24ClN3O2S. The van der Waals surface area contributed by atoms with Crippen LogP contribution in [0.1, 0.15) is 49.2 Å². The number of aromatic nitrogens is 1. The van der Waals surface area contributed by atoms with Gasteiger partial charge in [-0.25, -0.2) is 0 Å². The van der Waals surface area contributed by atoms with Gasteiger partial charge in [-0.2, -0.15) is 0 Å². The van der Waals surface area contributed by atoms with Crippen LogP contribution in [-0.2, 0) is 6.54 Å². The Morgan fingerprint density at radius 1 is 1.19 bits per heavy atom. The van der Waals surface area contributed by atoms with Gasteiger partial charge in [0.1, 0.15) is 4.88 Å². The SMILES string of the molecule is CCCCN=c1sc(C(=O)Nc2ccc(Cl)cc2)cc(=O)n1CCCC. The van der Waals surface area contributed by atoms with Crippen LogP contribution in [-0.4, -0.2) is 17.0 Å². The summed E-state index contributed by atoms with van der Waals surface area (Å²) in [6.45, 7) is 5.45. The van der Waals surface area contributed by atoms with Crippen molar-refractivity contribution >= 4 is 34.5 Å². The third-order valence-electron chi connectivity index (χ3n) is 3.77. The first kappa shape index (κ1) is 20.4. The smallest absolute Gasteiger partial charge is 0.266 e. The van der Waals surface area contributed by atoms with Gasteiger partial charge < -0.3 is 5.32 Å². The first-order valence-corrected chi connectivity index (χ1v) is 10.1. The lowest BCUT2D eigenvalue weighted by atomic mass is 10.3. The number of nitrogens with one attached hydrogen (secondary N) is 1. The lowest BCUT2D eigenvalue weighted by Gasteiger charge is -2.08. The topological polar surface area (TPSA) is 63.5 Å². The predicted octanol–water partition coefficient (Wildman–Crippen LogP) is 4.32. The fourth-order valence-electron chi connectivity index (χ4n) is 2.28. The number of anilines is 1. The van der Waals surface area contributed by atoms with Crippen LogP contribution in [0.25, 0.3) is 0 Å². The zero-order chi connectivity index (χ0) is 18.9. The first-order chi connectivity index (χ1) is 12.5. The van der Waals surface area contributed by atoms with Crippen molar-refractivity contribution in [1.29, 1.82) is 0 Å². The molecular weight excluding hydrogens is 370 g/mol. The Kier molecular flexibility index (Phi) is 8.06. The molecule has 7 heteroatoms. The van der Waals surface area contributed by atoms with E-state index in [1.807, 2.05) is 0 Å². The van der Waals surface area contributed by atoms with Gasteiger partial charge in [0.2, 0.25) is 0 Å². The molecule has 1 heterocycles. The number of rotatable bonds is 8. The minimum atomic E-state index is -0.316. The number of hydrogen-bond acceptors (Lipinski definition) is 4. The van der Waals surface area contributed by atoms with Crippen LogP contribution in [0.5, 0.6) is 0 Å². The maximum atomic E-state index is 12.5. The Morgan fingerprint density at radius 2 is 1.88 bits per heavy atom. The van der Waals surface area contributed by atoms with Crippen LogP contribution < -0.4 is 15.7 Å². The van der Waals surface area contributed by atoms with Crippen LogP contribution in [0.4, 0.5) is 5.69 Å². The molecule has 1 aromatic heterocycles. The Morgan fingerprint density at radius 3 is 2.54 bits per heavy atom. The molecule has 0 radical (unpaired) electrons. The van der Waals surface area contributed by atoms with Gasteiger partial charge in [-0.15, -0.1) is 0 Å². The lowest BCUT2D eigenvalue weighted by Crippen LogP contribution is -2.33. The Labute approximate surface area is 162 Å². The number of nitrogens with zero attached hydrogens (tertiary/aromatic N) is 2. The summed E-state index contributed by atoms with van der Waals surface area (Å²) in [6.07, 6.45) is 3.88. The van der Waals surface area contributed by atoms with E-state index in [4.69, 9.17) is 11.6 Å². The van der Waals surface area contributed by atoms with E-state index >= 15 is 0 Å². The van der Waals surface area contributed by atoms with Crippen molar-refractivity contribution in [3.63, 3.8) is 0 Å². The van der Waals surface area contributed by atoms with Gasteiger partial charge in [0.25, 0.3) is 11.5 Å². The molecule has 0 aliphatic rings. The van der Waals surface area contributed by atoms with E-state index < -0.39 is 0 Å². The van der Waals surface area contributed by atoms with Crippen molar-refractivity contribution in [3.05, 3.63) is 55.4 Å². The third kappa shape index (κ3) is 5.81. The molecule has 1 amide bonds. The molecule has 1 aromatic carbocycles. The van der Waals surface area contributed by atoms with E-state index in [1.165, 1.54) is 17.4 Å². The Hall–Kier alpha value is -1.92. The maximum Gasteiger partial charge on any atom is 0.266 e.